The van der Waals surface area contributed by atoms with Gasteiger partial charge in [0.2, 0.25) is 0 Å². The van der Waals surface area contributed by atoms with Gasteiger partial charge < -0.3 is 24.0 Å². The number of likely N-dealkylation sites (N-methyl/N-ethyl adjacent to an activating group) is 1. The number of carbonyl (C=O) groups excluding carboxylic acids is 1. The summed E-state index contributed by atoms with van der Waals surface area (Å²) in [6.45, 7) is 4.48. The Morgan fingerprint density at radius 1 is 1.12 bits per heavy atom. The Labute approximate surface area is 192 Å². The number of aliphatic hydroxyl groups is 1. The molecule has 2 bridgehead atoms. The lowest BCUT2D eigenvalue weighted by atomic mass is 9.83. The Morgan fingerprint density at radius 2 is 1.97 bits per heavy atom. The minimum absolute atomic E-state index is 0.0431. The average molecular weight is 448 g/mol. The zero-order valence-corrected chi connectivity index (χ0v) is 19.0. The van der Waals surface area contributed by atoms with E-state index in [2.05, 4.69) is 18.2 Å². The van der Waals surface area contributed by atoms with E-state index in [4.69, 9.17) is 0 Å². The fourth-order valence-electron chi connectivity index (χ4n) is 6.52. The van der Waals surface area contributed by atoms with E-state index in [1.807, 2.05) is 34.4 Å². The highest BCUT2D eigenvalue weighted by molar-refractivity contribution is 6.02. The average Bonchev–Trinajstić information content (AvgIpc) is 3.11. The van der Waals surface area contributed by atoms with Crippen LogP contribution < -0.4 is 10.5 Å². The number of pyridine rings is 1. The number of nitrogens with one attached hydrogen (secondary N) is 1. The lowest BCUT2D eigenvalue weighted by molar-refractivity contribution is -0.914. The van der Waals surface area contributed by atoms with Crippen molar-refractivity contribution < 1.29 is 14.8 Å². The van der Waals surface area contributed by atoms with E-state index in [0.29, 0.717) is 24.9 Å². The second-order valence-electron chi connectivity index (χ2n) is 10.1. The molecule has 0 saturated carbocycles. The second kappa shape index (κ2) is 7.85. The quantitative estimate of drug-likeness (QED) is 0.612. The highest BCUT2D eigenvalue weighted by Gasteiger charge is 2.38. The molecule has 4 unspecified atom stereocenters. The standard InChI is InChI=1S/C26H30N4O3/c1-27-10-9-21-20-5-2-3-6-23(20)30(25(21)26(27)33)16-19(31)15-28-12-17-11-18(14-28)22-7-4-8-24(32)29(22)13-17/h2-8,17-19,31H,9-16H2,1H3/p+1. The number of hydrogen-bond acceptors (Lipinski definition) is 3. The van der Waals surface area contributed by atoms with Crippen molar-refractivity contribution in [2.45, 2.75) is 38.0 Å². The molecule has 3 aromatic rings. The summed E-state index contributed by atoms with van der Waals surface area (Å²) in [7, 11) is 1.85. The molecule has 5 heterocycles. The van der Waals surface area contributed by atoms with Crippen LogP contribution in [0.1, 0.15) is 34.1 Å². The molecule has 2 N–H and O–H groups in total. The summed E-state index contributed by atoms with van der Waals surface area (Å²) in [5, 5.41) is 12.3. The van der Waals surface area contributed by atoms with Crippen LogP contribution in [0, 0.1) is 5.92 Å². The molecule has 1 amide bonds. The van der Waals surface area contributed by atoms with Crippen LogP contribution in [-0.4, -0.2) is 64.4 Å². The van der Waals surface area contributed by atoms with Gasteiger partial charge in [-0.15, -0.1) is 0 Å². The molecule has 1 aromatic carbocycles. The first-order valence-electron chi connectivity index (χ1n) is 12.1. The van der Waals surface area contributed by atoms with E-state index in [0.717, 1.165) is 66.9 Å². The smallest absolute Gasteiger partial charge is 0.270 e. The fraction of sp³-hybridized carbons (Fsp3) is 0.462. The summed E-state index contributed by atoms with van der Waals surface area (Å²) in [6, 6.07) is 13.8. The van der Waals surface area contributed by atoms with Crippen LogP contribution in [0.25, 0.3) is 10.9 Å². The molecule has 2 aromatic heterocycles. The van der Waals surface area contributed by atoms with Gasteiger partial charge >= 0.3 is 0 Å². The number of para-hydroxylation sites is 1. The van der Waals surface area contributed by atoms with Crippen LogP contribution in [0.15, 0.2) is 47.3 Å². The number of quaternary nitrogens is 1. The van der Waals surface area contributed by atoms with Crippen LogP contribution in [-0.2, 0) is 19.5 Å². The van der Waals surface area contributed by atoms with E-state index in [1.54, 1.807) is 11.0 Å². The zero-order chi connectivity index (χ0) is 22.7. The van der Waals surface area contributed by atoms with Crippen molar-refractivity contribution in [2.24, 2.45) is 5.92 Å². The van der Waals surface area contributed by atoms with Crippen LogP contribution in [0.5, 0.6) is 0 Å². The third-order valence-electron chi connectivity index (χ3n) is 7.91. The first-order chi connectivity index (χ1) is 16.0. The molecular formula is C26H31N4O3+. The molecule has 33 heavy (non-hydrogen) atoms. The highest BCUT2D eigenvalue weighted by Crippen LogP contribution is 2.31. The predicted octanol–water partition coefficient (Wildman–Crippen LogP) is 0.494. The minimum atomic E-state index is -0.545. The first-order valence-corrected chi connectivity index (χ1v) is 12.1. The van der Waals surface area contributed by atoms with Gasteiger partial charge in [0.1, 0.15) is 18.3 Å². The molecule has 0 spiro atoms. The molecule has 172 valence electrons. The highest BCUT2D eigenvalue weighted by atomic mass is 16.3. The normalized spacial score (nSPS) is 25.1. The number of aliphatic hydroxyl groups excluding tert-OH is 1. The Kier molecular flexibility index (Phi) is 4.92. The Bertz CT molecular complexity index is 1290. The number of piperidine rings is 1. The molecule has 1 fully saturated rings. The van der Waals surface area contributed by atoms with Gasteiger partial charge in [0.15, 0.2) is 0 Å². The van der Waals surface area contributed by atoms with Gasteiger partial charge in [0.25, 0.3) is 11.5 Å². The summed E-state index contributed by atoms with van der Waals surface area (Å²) < 4.78 is 4.00. The largest absolute Gasteiger partial charge is 0.385 e. The number of benzene rings is 1. The number of likely N-dealkylation sites (tertiary alicyclic amines) is 1. The molecule has 3 aliphatic heterocycles. The number of carbonyl (C=O) groups is 1. The molecule has 0 aliphatic carbocycles. The van der Waals surface area contributed by atoms with E-state index in [9.17, 15) is 14.7 Å². The lowest BCUT2D eigenvalue weighted by Gasteiger charge is -2.40. The van der Waals surface area contributed by atoms with Gasteiger partial charge in [-0.05, 0) is 30.5 Å². The number of rotatable bonds is 4. The second-order valence-corrected chi connectivity index (χ2v) is 10.1. The SMILES string of the molecule is CN1CCc2c(n(CC(O)C[NH+]3CC4CC(C3)c3cccc(=O)n3C4)c3ccccc23)C1=O. The minimum Gasteiger partial charge on any atom is -0.385 e. The topological polar surface area (TPSA) is 71.9 Å². The number of nitrogens with zero attached hydrogens (tertiary/aromatic N) is 3. The lowest BCUT2D eigenvalue weighted by Crippen LogP contribution is -3.15. The predicted molar refractivity (Wildman–Crippen MR) is 126 cm³/mol. The van der Waals surface area contributed by atoms with Crippen molar-refractivity contribution in [1.29, 1.82) is 0 Å². The van der Waals surface area contributed by atoms with Gasteiger partial charge in [0.05, 0.1) is 19.6 Å². The van der Waals surface area contributed by atoms with Gasteiger partial charge in [-0.25, -0.2) is 0 Å². The first kappa shape index (κ1) is 20.7. The summed E-state index contributed by atoms with van der Waals surface area (Å²) in [6.07, 6.45) is 1.43. The Hall–Kier alpha value is -2.90. The third kappa shape index (κ3) is 3.42. The molecule has 3 aliphatic rings. The molecule has 6 rings (SSSR count). The molecular weight excluding hydrogens is 416 g/mol. The summed E-state index contributed by atoms with van der Waals surface area (Å²) >= 11 is 0. The maximum Gasteiger partial charge on any atom is 0.270 e. The van der Waals surface area contributed by atoms with Crippen LogP contribution in [0.3, 0.4) is 0 Å². The van der Waals surface area contributed by atoms with E-state index in [-0.39, 0.29) is 11.5 Å². The molecule has 4 atom stereocenters. The molecule has 1 saturated heterocycles. The van der Waals surface area contributed by atoms with E-state index in [1.165, 1.54) is 4.90 Å². The molecule has 7 nitrogen and oxygen atoms in total. The summed E-state index contributed by atoms with van der Waals surface area (Å²) in [4.78, 5) is 28.5. The van der Waals surface area contributed by atoms with E-state index >= 15 is 0 Å². The zero-order valence-electron chi connectivity index (χ0n) is 19.0. The molecule has 7 heteroatoms. The van der Waals surface area contributed by atoms with Crippen molar-refractivity contribution in [3.8, 4) is 0 Å². The van der Waals surface area contributed by atoms with Gasteiger partial charge in [0, 0.05) is 54.6 Å². The maximum atomic E-state index is 13.0. The number of amides is 1. The van der Waals surface area contributed by atoms with Crippen molar-refractivity contribution in [3.63, 3.8) is 0 Å². The third-order valence-corrected chi connectivity index (χ3v) is 7.91. The van der Waals surface area contributed by atoms with Crippen molar-refractivity contribution in [2.75, 3.05) is 33.2 Å². The summed E-state index contributed by atoms with van der Waals surface area (Å²) in [5.74, 6) is 0.875. The summed E-state index contributed by atoms with van der Waals surface area (Å²) in [5.41, 5.74) is 4.13. The monoisotopic (exact) mass is 447 g/mol. The maximum absolute atomic E-state index is 13.0. The van der Waals surface area contributed by atoms with Gasteiger partial charge in [-0.2, -0.15) is 0 Å². The molecule has 0 radical (unpaired) electrons. The van der Waals surface area contributed by atoms with Crippen LogP contribution in [0.4, 0.5) is 0 Å². The van der Waals surface area contributed by atoms with Crippen molar-refractivity contribution >= 4 is 16.8 Å². The Morgan fingerprint density at radius 3 is 2.85 bits per heavy atom. The number of hydrogen-bond donors (Lipinski definition) is 2. The Balaban J connectivity index is 1.24. The van der Waals surface area contributed by atoms with Crippen LogP contribution >= 0.6 is 0 Å². The number of aromatic nitrogens is 2. The van der Waals surface area contributed by atoms with Crippen molar-refractivity contribution in [3.05, 3.63) is 69.8 Å². The van der Waals surface area contributed by atoms with Crippen molar-refractivity contribution in [1.82, 2.24) is 14.0 Å². The van der Waals surface area contributed by atoms with Gasteiger partial charge in [-0.3, -0.25) is 9.59 Å². The van der Waals surface area contributed by atoms with Gasteiger partial charge in [-0.1, -0.05) is 24.3 Å². The number of fused-ring (bicyclic) bond motifs is 7. The van der Waals surface area contributed by atoms with Crippen LogP contribution in [0.2, 0.25) is 0 Å². The fourth-order valence-corrected chi connectivity index (χ4v) is 6.52. The van der Waals surface area contributed by atoms with E-state index < -0.39 is 6.10 Å².